The molecule has 0 aromatic carbocycles. The van der Waals surface area contributed by atoms with Gasteiger partial charge >= 0.3 is 5.97 Å². The van der Waals surface area contributed by atoms with Crippen molar-refractivity contribution in [3.05, 3.63) is 11.6 Å². The monoisotopic (exact) mass is 511 g/mol. The van der Waals surface area contributed by atoms with Crippen LogP contribution in [0.15, 0.2) is 11.6 Å². The number of rotatable bonds is 2. The summed E-state index contributed by atoms with van der Waals surface area (Å²) in [4.78, 5) is 38.7. The van der Waals surface area contributed by atoms with Crippen molar-refractivity contribution in [2.24, 2.45) is 50.2 Å². The number of carbonyl (C=O) groups excluding carboxylic acids is 2. The van der Waals surface area contributed by atoms with E-state index in [4.69, 9.17) is 0 Å². The van der Waals surface area contributed by atoms with Gasteiger partial charge in [-0.1, -0.05) is 47.1 Å². The van der Waals surface area contributed by atoms with Crippen molar-refractivity contribution in [3.8, 4) is 0 Å². The zero-order valence-electron chi connectivity index (χ0n) is 24.4. The van der Waals surface area contributed by atoms with Crippen molar-refractivity contribution in [3.63, 3.8) is 0 Å². The minimum Gasteiger partial charge on any atom is -0.481 e. The Morgan fingerprint density at radius 3 is 2.19 bits per heavy atom. The third-order valence-corrected chi connectivity index (χ3v) is 13.5. The van der Waals surface area contributed by atoms with Crippen LogP contribution in [0.25, 0.3) is 0 Å². The fourth-order valence-electron chi connectivity index (χ4n) is 10.9. The van der Waals surface area contributed by atoms with E-state index >= 15 is 0 Å². The van der Waals surface area contributed by atoms with Gasteiger partial charge in [0.05, 0.1) is 5.41 Å². The molecule has 0 spiro atoms. The van der Waals surface area contributed by atoms with Gasteiger partial charge in [-0.3, -0.25) is 14.4 Å². The highest BCUT2D eigenvalue weighted by Crippen LogP contribution is 2.75. The van der Waals surface area contributed by atoms with Gasteiger partial charge in [-0.05, 0) is 110 Å². The Labute approximate surface area is 223 Å². The van der Waals surface area contributed by atoms with E-state index in [0.717, 1.165) is 51.4 Å². The molecule has 0 bridgehead atoms. The average molecular weight is 512 g/mol. The summed E-state index contributed by atoms with van der Waals surface area (Å²) in [7, 11) is 0. The highest BCUT2D eigenvalue weighted by atomic mass is 16.4. The minimum absolute atomic E-state index is 0.0299. The van der Waals surface area contributed by atoms with Crippen molar-refractivity contribution in [1.82, 2.24) is 5.32 Å². The number of carboxylic acids is 1. The molecule has 5 rings (SSSR count). The van der Waals surface area contributed by atoms with Crippen LogP contribution in [0.2, 0.25) is 0 Å². The van der Waals surface area contributed by atoms with Crippen LogP contribution in [0.4, 0.5) is 0 Å². The summed E-state index contributed by atoms with van der Waals surface area (Å²) in [5, 5.41) is 13.3. The second kappa shape index (κ2) is 7.94. The van der Waals surface area contributed by atoms with Crippen molar-refractivity contribution in [2.75, 3.05) is 0 Å². The lowest BCUT2D eigenvalue weighted by atomic mass is 9.33. The van der Waals surface area contributed by atoms with E-state index in [-0.39, 0.29) is 56.6 Å². The Kier molecular flexibility index (Phi) is 5.78. The molecule has 4 fully saturated rings. The highest BCUT2D eigenvalue weighted by molar-refractivity contribution is 5.95. The normalized spacial score (nSPS) is 50.5. The van der Waals surface area contributed by atoms with Gasteiger partial charge in [0.1, 0.15) is 0 Å². The van der Waals surface area contributed by atoms with Gasteiger partial charge in [0, 0.05) is 18.9 Å². The molecule has 37 heavy (non-hydrogen) atoms. The molecule has 0 aliphatic heterocycles. The first-order chi connectivity index (χ1) is 16.9. The molecule has 4 saturated carbocycles. The Morgan fingerprint density at radius 1 is 0.919 bits per heavy atom. The molecular formula is C32H49NO4. The van der Waals surface area contributed by atoms with Crippen molar-refractivity contribution >= 4 is 17.7 Å². The summed E-state index contributed by atoms with van der Waals surface area (Å²) in [5.41, 5.74) is 0.182. The molecule has 206 valence electrons. The smallest absolute Gasteiger partial charge is 0.309 e. The number of ketones is 1. The molecule has 5 nitrogen and oxygen atoms in total. The second-order valence-electron chi connectivity index (χ2n) is 15.7. The van der Waals surface area contributed by atoms with E-state index < -0.39 is 11.4 Å². The predicted molar refractivity (Wildman–Crippen MR) is 145 cm³/mol. The molecule has 5 heteroatoms. The Balaban J connectivity index is 1.58. The maximum Gasteiger partial charge on any atom is 0.309 e. The number of allylic oxidation sites excluding steroid dienone is 2. The van der Waals surface area contributed by atoms with Gasteiger partial charge in [-0.2, -0.15) is 0 Å². The van der Waals surface area contributed by atoms with Crippen molar-refractivity contribution in [1.29, 1.82) is 0 Å². The number of aliphatic carboxylic acids is 1. The average Bonchev–Trinajstić information content (AvgIpc) is 2.78. The maximum atomic E-state index is 14.4. The predicted octanol–water partition coefficient (Wildman–Crippen LogP) is 6.56. The molecule has 5 aliphatic carbocycles. The SMILES string of the molecule is CC(=O)N[C@H]1CC[C@]2(C)[C@H]3C(=O)C=C4[C@@H]5C[C@@](C)(C(=O)O)CC[C@]5(C)CC[C@@]4(C)[C@]3(C)CC[C@H]2C1(C)C. The number of hydrogen-bond acceptors (Lipinski definition) is 3. The molecule has 0 radical (unpaired) electrons. The summed E-state index contributed by atoms with van der Waals surface area (Å²) in [5.74, 6) is 0.0963. The Hall–Kier alpha value is -1.65. The van der Waals surface area contributed by atoms with Gasteiger partial charge in [0.2, 0.25) is 5.91 Å². The molecule has 0 aromatic heterocycles. The minimum atomic E-state index is -0.722. The van der Waals surface area contributed by atoms with Crippen LogP contribution < -0.4 is 5.32 Å². The van der Waals surface area contributed by atoms with Crippen LogP contribution >= 0.6 is 0 Å². The Morgan fingerprint density at radius 2 is 1.57 bits per heavy atom. The quantitative estimate of drug-likeness (QED) is 0.440. The number of carbonyl (C=O) groups is 3. The first-order valence-corrected chi connectivity index (χ1v) is 14.7. The van der Waals surface area contributed by atoms with Gasteiger partial charge in [0.25, 0.3) is 0 Å². The third-order valence-electron chi connectivity index (χ3n) is 13.5. The Bertz CT molecular complexity index is 1080. The lowest BCUT2D eigenvalue weighted by Gasteiger charge is -2.70. The third kappa shape index (κ3) is 3.43. The van der Waals surface area contributed by atoms with E-state index in [9.17, 15) is 19.5 Å². The molecule has 0 heterocycles. The molecule has 2 N–H and O–H groups in total. The van der Waals surface area contributed by atoms with Gasteiger partial charge in [-0.15, -0.1) is 0 Å². The van der Waals surface area contributed by atoms with Gasteiger partial charge in [0.15, 0.2) is 5.78 Å². The molecule has 9 atom stereocenters. The first-order valence-electron chi connectivity index (χ1n) is 14.7. The molecule has 5 aliphatic rings. The fourth-order valence-corrected chi connectivity index (χ4v) is 10.9. The van der Waals surface area contributed by atoms with Crippen LogP contribution in [-0.4, -0.2) is 28.8 Å². The van der Waals surface area contributed by atoms with Crippen LogP contribution in [0.5, 0.6) is 0 Å². The van der Waals surface area contributed by atoms with Crippen LogP contribution in [-0.2, 0) is 14.4 Å². The molecular weight excluding hydrogens is 462 g/mol. The highest BCUT2D eigenvalue weighted by Gasteiger charge is 2.70. The summed E-state index contributed by atoms with van der Waals surface area (Å²) in [6.07, 6.45) is 10.4. The van der Waals surface area contributed by atoms with Crippen LogP contribution in [0.3, 0.4) is 0 Å². The fraction of sp³-hybridized carbons (Fsp3) is 0.844. The zero-order chi connectivity index (χ0) is 27.4. The van der Waals surface area contributed by atoms with E-state index in [1.807, 2.05) is 13.0 Å². The molecule has 0 unspecified atom stereocenters. The largest absolute Gasteiger partial charge is 0.481 e. The summed E-state index contributed by atoms with van der Waals surface area (Å²) in [6, 6.07) is 0.138. The van der Waals surface area contributed by atoms with Crippen LogP contribution in [0.1, 0.15) is 113 Å². The van der Waals surface area contributed by atoms with Crippen LogP contribution in [0, 0.1) is 50.2 Å². The lowest BCUT2D eigenvalue weighted by Crippen LogP contribution is -2.67. The lowest BCUT2D eigenvalue weighted by molar-refractivity contribution is -0.190. The molecule has 0 saturated heterocycles. The number of nitrogens with one attached hydrogen (secondary N) is 1. The summed E-state index contributed by atoms with van der Waals surface area (Å²) >= 11 is 0. The maximum absolute atomic E-state index is 14.4. The van der Waals surface area contributed by atoms with E-state index in [2.05, 4.69) is 46.9 Å². The van der Waals surface area contributed by atoms with E-state index in [0.29, 0.717) is 12.3 Å². The van der Waals surface area contributed by atoms with Gasteiger partial charge in [-0.25, -0.2) is 0 Å². The number of hydrogen-bond donors (Lipinski definition) is 2. The first kappa shape index (κ1) is 26.9. The van der Waals surface area contributed by atoms with Crippen molar-refractivity contribution < 1.29 is 19.5 Å². The molecule has 1 amide bonds. The van der Waals surface area contributed by atoms with E-state index in [1.165, 1.54) is 5.57 Å². The zero-order valence-corrected chi connectivity index (χ0v) is 24.4. The van der Waals surface area contributed by atoms with Gasteiger partial charge < -0.3 is 10.4 Å². The number of amides is 1. The summed E-state index contributed by atoms with van der Waals surface area (Å²) in [6.45, 7) is 17.7. The van der Waals surface area contributed by atoms with Crippen molar-refractivity contribution in [2.45, 2.75) is 119 Å². The number of fused-ring (bicyclic) bond motifs is 7. The standard InChI is InChI=1S/C32H49NO4/c1-19(34)33-24-10-11-30(6)23(27(24,2)3)9-12-32(8)25(30)22(35)17-20-21-18-29(5,26(36)37)14-13-28(21,4)15-16-31(20,32)7/h17,21,23-25H,9-16,18H2,1-8H3,(H,33,34)(H,36,37)/t21-,23-,24-,25+,28+,29-,30-,31+,32+/m0/s1. The molecule has 0 aromatic rings. The van der Waals surface area contributed by atoms with E-state index in [1.54, 1.807) is 6.92 Å². The topological polar surface area (TPSA) is 83.5 Å². The number of carboxylic acid groups (broad SMARTS) is 1. The second-order valence-corrected chi connectivity index (χ2v) is 15.7. The summed E-state index contributed by atoms with van der Waals surface area (Å²) < 4.78 is 0.